The third kappa shape index (κ3) is 3.91. The van der Waals surface area contributed by atoms with E-state index in [1.807, 2.05) is 6.92 Å². The molecule has 106 valence electrons. The van der Waals surface area contributed by atoms with Crippen LogP contribution in [0.4, 0.5) is 0 Å². The molecule has 0 saturated carbocycles. The highest BCUT2D eigenvalue weighted by atomic mass is 16.5. The Morgan fingerprint density at radius 2 is 2.32 bits per heavy atom. The third-order valence-electron chi connectivity index (χ3n) is 3.42. The van der Waals surface area contributed by atoms with Gasteiger partial charge >= 0.3 is 0 Å². The fourth-order valence-electron chi connectivity index (χ4n) is 2.36. The highest BCUT2D eigenvalue weighted by Gasteiger charge is 2.18. The zero-order valence-corrected chi connectivity index (χ0v) is 12.2. The zero-order chi connectivity index (χ0) is 13.7. The SMILES string of the molecule is CCNCc1c(C)cc(C)nc1OCC1CCCO1. The van der Waals surface area contributed by atoms with E-state index >= 15 is 0 Å². The first-order valence-electron chi connectivity index (χ1n) is 7.13. The first-order valence-corrected chi connectivity index (χ1v) is 7.13. The summed E-state index contributed by atoms with van der Waals surface area (Å²) in [5, 5.41) is 3.34. The Labute approximate surface area is 115 Å². The van der Waals surface area contributed by atoms with Gasteiger partial charge in [0.1, 0.15) is 6.61 Å². The van der Waals surface area contributed by atoms with E-state index in [1.54, 1.807) is 0 Å². The van der Waals surface area contributed by atoms with Gasteiger partial charge in [-0.1, -0.05) is 6.92 Å². The lowest BCUT2D eigenvalue weighted by Crippen LogP contribution is -2.20. The molecule has 2 rings (SSSR count). The molecule has 1 fully saturated rings. The Hall–Kier alpha value is -1.13. The summed E-state index contributed by atoms with van der Waals surface area (Å²) in [6, 6.07) is 2.10. The van der Waals surface area contributed by atoms with Crippen molar-refractivity contribution in [3.05, 3.63) is 22.9 Å². The second kappa shape index (κ2) is 6.87. The van der Waals surface area contributed by atoms with Gasteiger partial charge in [0.2, 0.25) is 5.88 Å². The van der Waals surface area contributed by atoms with Crippen LogP contribution >= 0.6 is 0 Å². The van der Waals surface area contributed by atoms with Gasteiger partial charge in [0.25, 0.3) is 0 Å². The third-order valence-corrected chi connectivity index (χ3v) is 3.42. The minimum atomic E-state index is 0.231. The molecule has 1 unspecified atom stereocenters. The maximum atomic E-state index is 5.90. The molecule has 1 aliphatic rings. The van der Waals surface area contributed by atoms with E-state index in [0.717, 1.165) is 49.7 Å². The summed E-state index contributed by atoms with van der Waals surface area (Å²) >= 11 is 0. The van der Waals surface area contributed by atoms with Crippen LogP contribution in [0.5, 0.6) is 5.88 Å². The Morgan fingerprint density at radius 1 is 1.47 bits per heavy atom. The summed E-state index contributed by atoms with van der Waals surface area (Å²) in [6.45, 7) is 9.43. The molecule has 0 amide bonds. The molecule has 0 aliphatic carbocycles. The second-order valence-corrected chi connectivity index (χ2v) is 5.09. The Bertz CT molecular complexity index is 415. The lowest BCUT2D eigenvalue weighted by Gasteiger charge is -2.16. The van der Waals surface area contributed by atoms with Crippen molar-refractivity contribution in [3.8, 4) is 5.88 Å². The van der Waals surface area contributed by atoms with E-state index in [2.05, 4.69) is 30.2 Å². The van der Waals surface area contributed by atoms with E-state index in [1.165, 1.54) is 5.56 Å². The second-order valence-electron chi connectivity index (χ2n) is 5.09. The predicted molar refractivity (Wildman–Crippen MR) is 75.6 cm³/mol. The fraction of sp³-hybridized carbons (Fsp3) is 0.667. The van der Waals surface area contributed by atoms with Crippen LogP contribution in [-0.2, 0) is 11.3 Å². The van der Waals surface area contributed by atoms with E-state index in [-0.39, 0.29) is 6.10 Å². The van der Waals surface area contributed by atoms with Gasteiger partial charge in [0.05, 0.1) is 6.10 Å². The summed E-state index contributed by atoms with van der Waals surface area (Å²) in [6.07, 6.45) is 2.46. The van der Waals surface area contributed by atoms with Crippen molar-refractivity contribution in [1.82, 2.24) is 10.3 Å². The first-order chi connectivity index (χ1) is 9.20. The molecular formula is C15H24N2O2. The van der Waals surface area contributed by atoms with E-state index in [0.29, 0.717) is 6.61 Å². The van der Waals surface area contributed by atoms with Crippen LogP contribution < -0.4 is 10.1 Å². The fourth-order valence-corrected chi connectivity index (χ4v) is 2.36. The standard InChI is InChI=1S/C15H24N2O2/c1-4-16-9-14-11(2)8-12(3)17-15(14)19-10-13-6-5-7-18-13/h8,13,16H,4-7,9-10H2,1-3H3. The number of aromatic nitrogens is 1. The maximum absolute atomic E-state index is 5.90. The molecule has 4 heteroatoms. The van der Waals surface area contributed by atoms with Crippen LogP contribution in [0.2, 0.25) is 0 Å². The van der Waals surface area contributed by atoms with Crippen LogP contribution in [-0.4, -0.2) is 30.8 Å². The lowest BCUT2D eigenvalue weighted by atomic mass is 10.1. The molecule has 0 spiro atoms. The van der Waals surface area contributed by atoms with Gasteiger partial charge in [-0.3, -0.25) is 0 Å². The molecule has 4 nitrogen and oxygen atoms in total. The Morgan fingerprint density at radius 3 is 3.00 bits per heavy atom. The molecule has 2 heterocycles. The number of pyridine rings is 1. The van der Waals surface area contributed by atoms with Crippen molar-refractivity contribution in [2.75, 3.05) is 19.8 Å². The molecule has 1 atom stereocenters. The van der Waals surface area contributed by atoms with E-state index in [9.17, 15) is 0 Å². The van der Waals surface area contributed by atoms with Gasteiger partial charge in [0, 0.05) is 24.4 Å². The van der Waals surface area contributed by atoms with Gasteiger partial charge < -0.3 is 14.8 Å². The van der Waals surface area contributed by atoms with Gasteiger partial charge in [-0.05, 0) is 44.9 Å². The highest BCUT2D eigenvalue weighted by Crippen LogP contribution is 2.22. The molecule has 1 aliphatic heterocycles. The average molecular weight is 264 g/mol. The van der Waals surface area contributed by atoms with Crippen LogP contribution in [0.25, 0.3) is 0 Å². The molecule has 0 bridgehead atoms. The first kappa shape index (κ1) is 14.3. The number of nitrogens with one attached hydrogen (secondary N) is 1. The topological polar surface area (TPSA) is 43.4 Å². The largest absolute Gasteiger partial charge is 0.475 e. The summed E-state index contributed by atoms with van der Waals surface area (Å²) < 4.78 is 11.5. The summed E-state index contributed by atoms with van der Waals surface area (Å²) in [5.74, 6) is 0.758. The molecule has 1 aromatic heterocycles. The molecule has 1 N–H and O–H groups in total. The van der Waals surface area contributed by atoms with Gasteiger partial charge in [0.15, 0.2) is 0 Å². The molecule has 0 aromatic carbocycles. The van der Waals surface area contributed by atoms with E-state index in [4.69, 9.17) is 9.47 Å². The van der Waals surface area contributed by atoms with Gasteiger partial charge in [-0.25, -0.2) is 4.98 Å². The number of ether oxygens (including phenoxy) is 2. The number of rotatable bonds is 6. The van der Waals surface area contributed by atoms with Crippen LogP contribution in [0, 0.1) is 13.8 Å². The number of aryl methyl sites for hydroxylation is 2. The molecule has 0 radical (unpaired) electrons. The lowest BCUT2D eigenvalue weighted by molar-refractivity contribution is 0.0658. The monoisotopic (exact) mass is 264 g/mol. The number of hydrogen-bond acceptors (Lipinski definition) is 4. The van der Waals surface area contributed by atoms with Crippen molar-refractivity contribution < 1.29 is 9.47 Å². The zero-order valence-electron chi connectivity index (χ0n) is 12.2. The molecule has 1 saturated heterocycles. The summed E-state index contributed by atoms with van der Waals surface area (Å²) in [7, 11) is 0. The van der Waals surface area contributed by atoms with Gasteiger partial charge in [-0.15, -0.1) is 0 Å². The molecule has 19 heavy (non-hydrogen) atoms. The van der Waals surface area contributed by atoms with Crippen molar-refractivity contribution in [1.29, 1.82) is 0 Å². The highest BCUT2D eigenvalue weighted by molar-refractivity contribution is 5.35. The Kier molecular flexibility index (Phi) is 5.16. The van der Waals surface area contributed by atoms with Crippen LogP contribution in [0.1, 0.15) is 36.6 Å². The average Bonchev–Trinajstić information content (AvgIpc) is 2.88. The Balaban J connectivity index is 2.07. The number of hydrogen-bond donors (Lipinski definition) is 1. The summed E-state index contributed by atoms with van der Waals surface area (Å²) in [4.78, 5) is 4.53. The molecule has 1 aromatic rings. The quantitative estimate of drug-likeness (QED) is 0.856. The summed E-state index contributed by atoms with van der Waals surface area (Å²) in [5.41, 5.74) is 3.39. The van der Waals surface area contributed by atoms with Crippen molar-refractivity contribution in [2.45, 2.75) is 46.3 Å². The van der Waals surface area contributed by atoms with Crippen LogP contribution in [0.15, 0.2) is 6.07 Å². The van der Waals surface area contributed by atoms with Crippen molar-refractivity contribution in [3.63, 3.8) is 0 Å². The minimum Gasteiger partial charge on any atom is -0.475 e. The predicted octanol–water partition coefficient (Wildman–Crippen LogP) is 2.37. The normalized spacial score (nSPS) is 18.8. The van der Waals surface area contributed by atoms with Gasteiger partial charge in [-0.2, -0.15) is 0 Å². The smallest absolute Gasteiger partial charge is 0.218 e. The number of nitrogens with zero attached hydrogens (tertiary/aromatic N) is 1. The maximum Gasteiger partial charge on any atom is 0.218 e. The molecular weight excluding hydrogens is 240 g/mol. The van der Waals surface area contributed by atoms with Crippen molar-refractivity contribution in [2.24, 2.45) is 0 Å². The minimum absolute atomic E-state index is 0.231. The van der Waals surface area contributed by atoms with Crippen molar-refractivity contribution >= 4 is 0 Å². The van der Waals surface area contributed by atoms with Crippen LogP contribution in [0.3, 0.4) is 0 Å². The van der Waals surface area contributed by atoms with E-state index < -0.39 is 0 Å².